The monoisotopic (exact) mass is 373 g/mol. The Morgan fingerprint density at radius 1 is 1.38 bits per heavy atom. The number of carbonyl (C=O) groups is 1. The maximum Gasteiger partial charge on any atom is 0.295 e. The van der Waals surface area contributed by atoms with Crippen LogP contribution in [-0.4, -0.2) is 35.8 Å². The van der Waals surface area contributed by atoms with Crippen molar-refractivity contribution in [1.29, 1.82) is 0 Å². The third-order valence-corrected chi connectivity index (χ3v) is 4.23. The van der Waals surface area contributed by atoms with Crippen LogP contribution in [0.1, 0.15) is 29.2 Å². The van der Waals surface area contributed by atoms with E-state index in [0.29, 0.717) is 11.0 Å². The number of anilines is 1. The smallest absolute Gasteiger partial charge is 0.295 e. The molecule has 0 aliphatic heterocycles. The summed E-state index contributed by atoms with van der Waals surface area (Å²) in [7, 11) is 0. The summed E-state index contributed by atoms with van der Waals surface area (Å²) < 4.78 is 1.27. The molecular formula is C15H15N7O3S. The number of hydrogen-bond acceptors (Lipinski definition) is 8. The number of rotatable bonds is 6. The highest BCUT2D eigenvalue weighted by molar-refractivity contribution is 7.15. The summed E-state index contributed by atoms with van der Waals surface area (Å²) in [6, 6.07) is 4.13. The zero-order chi connectivity index (χ0) is 18.7. The molecule has 1 amide bonds. The Morgan fingerprint density at radius 2 is 2.19 bits per heavy atom. The van der Waals surface area contributed by atoms with Gasteiger partial charge in [0.2, 0.25) is 5.13 Å². The van der Waals surface area contributed by atoms with E-state index in [1.807, 2.05) is 0 Å². The van der Waals surface area contributed by atoms with Crippen molar-refractivity contribution in [1.82, 2.24) is 25.0 Å². The number of hydrogen-bond donors (Lipinski definition) is 1. The van der Waals surface area contributed by atoms with Crippen molar-refractivity contribution in [3.8, 4) is 5.69 Å². The summed E-state index contributed by atoms with van der Waals surface area (Å²) in [5.74, 6) is -0.0658. The molecular weight excluding hydrogens is 358 g/mol. The third kappa shape index (κ3) is 3.88. The van der Waals surface area contributed by atoms with Crippen LogP contribution < -0.4 is 5.32 Å². The molecule has 0 unspecified atom stereocenters. The van der Waals surface area contributed by atoms with Crippen LogP contribution in [0.2, 0.25) is 0 Å². The predicted molar refractivity (Wildman–Crippen MR) is 94.4 cm³/mol. The molecule has 3 aromatic rings. The predicted octanol–water partition coefficient (Wildman–Crippen LogP) is 2.48. The molecule has 134 valence electrons. The van der Waals surface area contributed by atoms with E-state index in [1.54, 1.807) is 0 Å². The Balaban J connectivity index is 1.82. The molecule has 2 aromatic heterocycles. The summed E-state index contributed by atoms with van der Waals surface area (Å²) in [6.07, 6.45) is 3.39. The maximum atomic E-state index is 12.4. The Morgan fingerprint density at radius 3 is 2.85 bits per heavy atom. The molecule has 0 aliphatic carbocycles. The second-order valence-corrected chi connectivity index (χ2v) is 6.92. The summed E-state index contributed by atoms with van der Waals surface area (Å²) in [5, 5.41) is 27.0. The SMILES string of the molecule is CC(C)Cc1nnc(NC(=O)c2ccc(-n3cncn3)c([N+](=O)[O-])c2)s1. The molecule has 0 saturated carbocycles. The van der Waals surface area contributed by atoms with Crippen LogP contribution in [0.5, 0.6) is 0 Å². The van der Waals surface area contributed by atoms with Gasteiger partial charge in [-0.3, -0.25) is 20.2 Å². The van der Waals surface area contributed by atoms with Gasteiger partial charge in [-0.15, -0.1) is 10.2 Å². The number of nitrogens with one attached hydrogen (secondary N) is 1. The first kappa shape index (κ1) is 17.6. The van der Waals surface area contributed by atoms with E-state index < -0.39 is 10.8 Å². The van der Waals surface area contributed by atoms with E-state index in [-0.39, 0.29) is 16.9 Å². The molecule has 11 heteroatoms. The number of benzene rings is 1. The molecule has 0 saturated heterocycles. The average Bonchev–Trinajstić information content (AvgIpc) is 3.25. The lowest BCUT2D eigenvalue weighted by atomic mass is 10.1. The van der Waals surface area contributed by atoms with Gasteiger partial charge in [0.15, 0.2) is 0 Å². The number of nitro benzene ring substituents is 1. The van der Waals surface area contributed by atoms with Crippen LogP contribution >= 0.6 is 11.3 Å². The Kier molecular flexibility index (Phi) is 4.98. The molecule has 0 spiro atoms. The van der Waals surface area contributed by atoms with Crippen molar-refractivity contribution in [2.75, 3.05) is 5.32 Å². The third-order valence-electron chi connectivity index (χ3n) is 3.37. The minimum absolute atomic E-state index is 0.140. The first-order valence-electron chi connectivity index (χ1n) is 7.71. The molecule has 0 bridgehead atoms. The lowest BCUT2D eigenvalue weighted by molar-refractivity contribution is -0.384. The molecule has 1 aromatic carbocycles. The second kappa shape index (κ2) is 7.35. The van der Waals surface area contributed by atoms with Crippen molar-refractivity contribution in [2.24, 2.45) is 5.92 Å². The van der Waals surface area contributed by atoms with Gasteiger partial charge in [0.05, 0.1) is 4.92 Å². The van der Waals surface area contributed by atoms with Crippen LogP contribution in [0.3, 0.4) is 0 Å². The lowest BCUT2D eigenvalue weighted by Gasteiger charge is -2.05. The summed E-state index contributed by atoms with van der Waals surface area (Å²) in [4.78, 5) is 26.9. The van der Waals surface area contributed by atoms with Crippen LogP contribution in [0, 0.1) is 16.0 Å². The van der Waals surface area contributed by atoms with Gasteiger partial charge in [0, 0.05) is 18.1 Å². The van der Waals surface area contributed by atoms with Crippen LogP contribution in [0.4, 0.5) is 10.8 Å². The fourth-order valence-electron chi connectivity index (χ4n) is 2.24. The standard InChI is InChI=1S/C15H15N7O3S/c1-9(2)5-13-19-20-15(26-13)18-14(23)10-3-4-11(12(6-10)22(24)25)21-8-16-7-17-21/h3-4,6-9H,5H2,1-2H3,(H,18,20,23). The zero-order valence-corrected chi connectivity index (χ0v) is 14.8. The normalized spacial score (nSPS) is 10.9. The molecule has 1 N–H and O–H groups in total. The average molecular weight is 373 g/mol. The minimum Gasteiger partial charge on any atom is -0.296 e. The lowest BCUT2D eigenvalue weighted by Crippen LogP contribution is -2.13. The van der Waals surface area contributed by atoms with Crippen LogP contribution in [0.25, 0.3) is 5.69 Å². The summed E-state index contributed by atoms with van der Waals surface area (Å²) in [6.45, 7) is 4.13. The van der Waals surface area contributed by atoms with E-state index in [4.69, 9.17) is 0 Å². The van der Waals surface area contributed by atoms with E-state index in [9.17, 15) is 14.9 Å². The fourth-order valence-corrected chi connectivity index (χ4v) is 3.19. The van der Waals surface area contributed by atoms with E-state index in [0.717, 1.165) is 11.4 Å². The molecule has 26 heavy (non-hydrogen) atoms. The van der Waals surface area contributed by atoms with Gasteiger partial charge < -0.3 is 0 Å². The van der Waals surface area contributed by atoms with Crippen molar-refractivity contribution >= 4 is 28.1 Å². The van der Waals surface area contributed by atoms with Gasteiger partial charge in [0.1, 0.15) is 23.3 Å². The number of nitrogens with zero attached hydrogens (tertiary/aromatic N) is 6. The van der Waals surface area contributed by atoms with E-state index >= 15 is 0 Å². The van der Waals surface area contributed by atoms with E-state index in [1.165, 1.54) is 46.9 Å². The first-order valence-corrected chi connectivity index (χ1v) is 8.53. The largest absolute Gasteiger partial charge is 0.296 e. The van der Waals surface area contributed by atoms with Gasteiger partial charge >= 0.3 is 0 Å². The molecule has 3 rings (SSSR count). The Hall–Kier alpha value is -3.21. The van der Waals surface area contributed by atoms with Gasteiger partial charge in [-0.2, -0.15) is 5.10 Å². The quantitative estimate of drug-likeness (QED) is 0.519. The second-order valence-electron chi connectivity index (χ2n) is 5.85. The number of amides is 1. The number of nitro groups is 1. The molecule has 0 radical (unpaired) electrons. The van der Waals surface area contributed by atoms with E-state index in [2.05, 4.69) is 39.4 Å². The van der Waals surface area contributed by atoms with Gasteiger partial charge in [-0.1, -0.05) is 25.2 Å². The van der Waals surface area contributed by atoms with Gasteiger partial charge in [-0.05, 0) is 18.1 Å². The molecule has 0 fully saturated rings. The first-order chi connectivity index (χ1) is 12.4. The highest BCUT2D eigenvalue weighted by Gasteiger charge is 2.20. The molecule has 0 atom stereocenters. The van der Waals surface area contributed by atoms with Crippen LogP contribution in [-0.2, 0) is 6.42 Å². The number of carbonyl (C=O) groups excluding carboxylic acids is 1. The molecule has 10 nitrogen and oxygen atoms in total. The minimum atomic E-state index is -0.570. The Bertz CT molecular complexity index is 937. The van der Waals surface area contributed by atoms with Crippen molar-refractivity contribution in [2.45, 2.75) is 20.3 Å². The molecule has 2 heterocycles. The summed E-state index contributed by atoms with van der Waals surface area (Å²) >= 11 is 1.29. The highest BCUT2D eigenvalue weighted by atomic mass is 32.1. The summed E-state index contributed by atoms with van der Waals surface area (Å²) in [5.41, 5.74) is 0.112. The van der Waals surface area contributed by atoms with Gasteiger partial charge in [-0.25, -0.2) is 9.67 Å². The maximum absolute atomic E-state index is 12.4. The molecule has 0 aliphatic rings. The van der Waals surface area contributed by atoms with Crippen LogP contribution in [0.15, 0.2) is 30.9 Å². The van der Waals surface area contributed by atoms with Crippen molar-refractivity contribution in [3.05, 3.63) is 51.5 Å². The fraction of sp³-hybridized carbons (Fsp3) is 0.267. The van der Waals surface area contributed by atoms with Gasteiger partial charge in [0.25, 0.3) is 11.6 Å². The number of aromatic nitrogens is 5. The van der Waals surface area contributed by atoms with Crippen molar-refractivity contribution < 1.29 is 9.72 Å². The highest BCUT2D eigenvalue weighted by Crippen LogP contribution is 2.25. The zero-order valence-electron chi connectivity index (χ0n) is 14.0. The topological polar surface area (TPSA) is 129 Å². The van der Waals surface area contributed by atoms with Crippen molar-refractivity contribution in [3.63, 3.8) is 0 Å². The Labute approximate surface area is 152 Å².